The molecule has 0 aliphatic rings. The van der Waals surface area contributed by atoms with Crippen molar-refractivity contribution in [3.05, 3.63) is 41.2 Å². The number of nitrogens with zero attached hydrogens (tertiary/aromatic N) is 2. The standard InChI is InChI=1S/C12H12ClN3/c1-8-11(15-7-16-12(8)14-2)9-4-3-5-10(13)6-9/h3-7H,1-2H3,(H,14,15,16). The predicted molar refractivity (Wildman–Crippen MR) is 66.8 cm³/mol. The quantitative estimate of drug-likeness (QED) is 0.866. The van der Waals surface area contributed by atoms with Gasteiger partial charge < -0.3 is 5.32 Å². The first-order valence-electron chi connectivity index (χ1n) is 4.97. The van der Waals surface area contributed by atoms with E-state index in [9.17, 15) is 0 Å². The van der Waals surface area contributed by atoms with Crippen LogP contribution in [-0.4, -0.2) is 17.0 Å². The molecule has 0 bridgehead atoms. The van der Waals surface area contributed by atoms with E-state index >= 15 is 0 Å². The summed E-state index contributed by atoms with van der Waals surface area (Å²) in [5.74, 6) is 0.838. The lowest BCUT2D eigenvalue weighted by Gasteiger charge is -2.08. The van der Waals surface area contributed by atoms with Crippen LogP contribution in [0.15, 0.2) is 30.6 Å². The summed E-state index contributed by atoms with van der Waals surface area (Å²) in [6.45, 7) is 1.99. The monoisotopic (exact) mass is 233 g/mol. The van der Waals surface area contributed by atoms with E-state index in [0.717, 1.165) is 22.6 Å². The maximum Gasteiger partial charge on any atom is 0.132 e. The number of aromatic nitrogens is 2. The van der Waals surface area contributed by atoms with Crippen molar-refractivity contribution in [3.63, 3.8) is 0 Å². The Morgan fingerprint density at radius 2 is 2.06 bits per heavy atom. The minimum Gasteiger partial charge on any atom is -0.373 e. The molecule has 0 radical (unpaired) electrons. The van der Waals surface area contributed by atoms with Gasteiger partial charge in [-0.25, -0.2) is 9.97 Å². The Kier molecular flexibility index (Phi) is 3.06. The fraction of sp³-hybridized carbons (Fsp3) is 0.167. The molecular weight excluding hydrogens is 222 g/mol. The van der Waals surface area contributed by atoms with Gasteiger partial charge in [-0.15, -0.1) is 0 Å². The van der Waals surface area contributed by atoms with Crippen LogP contribution in [0.2, 0.25) is 5.02 Å². The first kappa shape index (κ1) is 10.9. The molecule has 1 aromatic heterocycles. The Morgan fingerprint density at radius 1 is 1.25 bits per heavy atom. The van der Waals surface area contributed by atoms with E-state index < -0.39 is 0 Å². The van der Waals surface area contributed by atoms with Crippen LogP contribution >= 0.6 is 11.6 Å². The minimum absolute atomic E-state index is 0.710. The third-order valence-corrected chi connectivity index (χ3v) is 2.65. The van der Waals surface area contributed by atoms with Crippen LogP contribution in [0.4, 0.5) is 5.82 Å². The summed E-state index contributed by atoms with van der Waals surface area (Å²) in [6, 6.07) is 7.65. The van der Waals surface area contributed by atoms with E-state index in [0.29, 0.717) is 5.02 Å². The summed E-state index contributed by atoms with van der Waals surface area (Å²) < 4.78 is 0. The lowest BCUT2D eigenvalue weighted by Crippen LogP contribution is -1.99. The second-order valence-corrected chi connectivity index (χ2v) is 3.89. The molecule has 16 heavy (non-hydrogen) atoms. The summed E-state index contributed by atoms with van der Waals surface area (Å²) >= 11 is 5.96. The molecular formula is C12H12ClN3. The molecule has 1 aromatic carbocycles. The van der Waals surface area contributed by atoms with Crippen LogP contribution in [0, 0.1) is 6.92 Å². The molecule has 0 amide bonds. The van der Waals surface area contributed by atoms with E-state index in [-0.39, 0.29) is 0 Å². The van der Waals surface area contributed by atoms with Gasteiger partial charge in [0.25, 0.3) is 0 Å². The molecule has 3 nitrogen and oxygen atoms in total. The largest absolute Gasteiger partial charge is 0.373 e. The number of anilines is 1. The fourth-order valence-electron chi connectivity index (χ4n) is 1.63. The maximum atomic E-state index is 5.96. The summed E-state index contributed by atoms with van der Waals surface area (Å²) in [7, 11) is 1.84. The molecule has 0 saturated heterocycles. The molecule has 4 heteroatoms. The number of hydrogen-bond acceptors (Lipinski definition) is 3. The summed E-state index contributed by atoms with van der Waals surface area (Å²) in [5.41, 5.74) is 2.93. The smallest absolute Gasteiger partial charge is 0.132 e. The van der Waals surface area contributed by atoms with Gasteiger partial charge in [0.2, 0.25) is 0 Å². The van der Waals surface area contributed by atoms with Crippen LogP contribution in [0.3, 0.4) is 0 Å². The first-order chi connectivity index (χ1) is 7.72. The van der Waals surface area contributed by atoms with Gasteiger partial charge in [-0.3, -0.25) is 0 Å². The average Bonchev–Trinajstić information content (AvgIpc) is 2.29. The molecule has 2 rings (SSSR count). The average molecular weight is 234 g/mol. The van der Waals surface area contributed by atoms with Gasteiger partial charge in [0.05, 0.1) is 5.69 Å². The molecule has 0 atom stereocenters. The predicted octanol–water partition coefficient (Wildman–Crippen LogP) is 3.15. The second-order valence-electron chi connectivity index (χ2n) is 3.46. The highest BCUT2D eigenvalue weighted by Crippen LogP contribution is 2.26. The molecule has 82 valence electrons. The van der Waals surface area contributed by atoms with Gasteiger partial charge in [0, 0.05) is 23.2 Å². The molecule has 0 fully saturated rings. The van der Waals surface area contributed by atoms with Crippen LogP contribution < -0.4 is 5.32 Å². The van der Waals surface area contributed by atoms with Crippen molar-refractivity contribution in [2.75, 3.05) is 12.4 Å². The molecule has 2 aromatic rings. The van der Waals surface area contributed by atoms with Gasteiger partial charge in [-0.05, 0) is 19.1 Å². The number of hydrogen-bond donors (Lipinski definition) is 1. The van der Waals surface area contributed by atoms with Crippen LogP contribution in [0.5, 0.6) is 0 Å². The van der Waals surface area contributed by atoms with Gasteiger partial charge >= 0.3 is 0 Å². The highest BCUT2D eigenvalue weighted by molar-refractivity contribution is 6.30. The van der Waals surface area contributed by atoms with E-state index in [4.69, 9.17) is 11.6 Å². The first-order valence-corrected chi connectivity index (χ1v) is 5.35. The Labute approximate surface area is 99.5 Å². The Hall–Kier alpha value is -1.61. The normalized spacial score (nSPS) is 10.2. The topological polar surface area (TPSA) is 37.8 Å². The second kappa shape index (κ2) is 4.49. The Bertz CT molecular complexity index is 511. The Morgan fingerprint density at radius 3 is 2.75 bits per heavy atom. The highest BCUT2D eigenvalue weighted by atomic mass is 35.5. The molecule has 0 unspecified atom stereocenters. The maximum absolute atomic E-state index is 5.96. The van der Waals surface area contributed by atoms with Crippen molar-refractivity contribution >= 4 is 17.4 Å². The van der Waals surface area contributed by atoms with Crippen molar-refractivity contribution < 1.29 is 0 Å². The van der Waals surface area contributed by atoms with Gasteiger partial charge in [0.15, 0.2) is 0 Å². The molecule has 0 saturated carbocycles. The van der Waals surface area contributed by atoms with Crippen molar-refractivity contribution in [3.8, 4) is 11.3 Å². The fourth-order valence-corrected chi connectivity index (χ4v) is 1.82. The van der Waals surface area contributed by atoms with E-state index in [1.807, 2.05) is 38.2 Å². The summed E-state index contributed by atoms with van der Waals surface area (Å²) in [4.78, 5) is 8.44. The SMILES string of the molecule is CNc1ncnc(-c2cccc(Cl)c2)c1C. The van der Waals surface area contributed by atoms with Crippen molar-refractivity contribution in [2.45, 2.75) is 6.92 Å². The van der Waals surface area contributed by atoms with E-state index in [1.54, 1.807) is 6.33 Å². The lowest BCUT2D eigenvalue weighted by molar-refractivity contribution is 1.13. The zero-order valence-electron chi connectivity index (χ0n) is 9.16. The van der Waals surface area contributed by atoms with Gasteiger partial charge in [0.1, 0.15) is 12.1 Å². The number of rotatable bonds is 2. The highest BCUT2D eigenvalue weighted by Gasteiger charge is 2.07. The van der Waals surface area contributed by atoms with Crippen LogP contribution in [0.25, 0.3) is 11.3 Å². The third kappa shape index (κ3) is 1.99. The van der Waals surface area contributed by atoms with E-state index in [1.165, 1.54) is 0 Å². The van der Waals surface area contributed by atoms with Gasteiger partial charge in [-0.2, -0.15) is 0 Å². The third-order valence-electron chi connectivity index (χ3n) is 2.42. The number of nitrogens with one attached hydrogen (secondary N) is 1. The lowest BCUT2D eigenvalue weighted by atomic mass is 10.1. The Balaban J connectivity index is 2.56. The molecule has 0 aliphatic heterocycles. The zero-order chi connectivity index (χ0) is 11.5. The van der Waals surface area contributed by atoms with Crippen LogP contribution in [0.1, 0.15) is 5.56 Å². The van der Waals surface area contributed by atoms with Crippen molar-refractivity contribution in [2.24, 2.45) is 0 Å². The zero-order valence-corrected chi connectivity index (χ0v) is 9.92. The van der Waals surface area contributed by atoms with E-state index in [2.05, 4.69) is 15.3 Å². The van der Waals surface area contributed by atoms with Crippen molar-refractivity contribution in [1.29, 1.82) is 0 Å². The summed E-state index contributed by atoms with van der Waals surface area (Å²) in [5, 5.41) is 3.75. The number of halogens is 1. The molecule has 0 spiro atoms. The minimum atomic E-state index is 0.710. The van der Waals surface area contributed by atoms with Gasteiger partial charge in [-0.1, -0.05) is 23.7 Å². The molecule has 1 N–H and O–H groups in total. The van der Waals surface area contributed by atoms with Crippen LogP contribution in [-0.2, 0) is 0 Å². The summed E-state index contributed by atoms with van der Waals surface area (Å²) in [6.07, 6.45) is 1.55. The molecule has 0 aliphatic carbocycles. The van der Waals surface area contributed by atoms with Crippen molar-refractivity contribution in [1.82, 2.24) is 9.97 Å². The molecule has 1 heterocycles. The number of benzene rings is 1.